The molecule has 0 spiro atoms. The number of nitrogens with two attached hydrogens (primary N) is 1. The minimum absolute atomic E-state index is 0.351. The average Bonchev–Trinajstić information content (AvgIpc) is 2.90. The normalized spacial score (nSPS) is 15.3. The minimum Gasteiger partial charge on any atom is -0.382 e. The Labute approximate surface area is 137 Å². The largest absolute Gasteiger partial charge is 0.382 e. The van der Waals surface area contributed by atoms with E-state index in [-0.39, 0.29) is 0 Å². The fourth-order valence-corrected chi connectivity index (χ4v) is 3.83. The highest BCUT2D eigenvalue weighted by atomic mass is 32.1. The van der Waals surface area contributed by atoms with Gasteiger partial charge in [0.1, 0.15) is 10.5 Å². The Hall–Kier alpha value is -2.41. The van der Waals surface area contributed by atoms with Gasteiger partial charge in [-0.1, -0.05) is 6.42 Å². The fourth-order valence-electron chi connectivity index (χ4n) is 2.66. The van der Waals surface area contributed by atoms with Gasteiger partial charge < -0.3 is 5.73 Å². The first-order valence-electron chi connectivity index (χ1n) is 7.57. The van der Waals surface area contributed by atoms with E-state index in [0.29, 0.717) is 23.2 Å². The molecule has 0 aromatic carbocycles. The third kappa shape index (κ3) is 2.57. The molecule has 1 aliphatic carbocycles. The smallest absolute Gasteiger partial charge is 0.162 e. The summed E-state index contributed by atoms with van der Waals surface area (Å²) < 4.78 is 0. The van der Waals surface area contributed by atoms with Crippen molar-refractivity contribution in [3.63, 3.8) is 0 Å². The van der Waals surface area contributed by atoms with E-state index in [2.05, 4.69) is 26.3 Å². The summed E-state index contributed by atoms with van der Waals surface area (Å²) >= 11 is 1.77. The summed E-state index contributed by atoms with van der Waals surface area (Å²) in [6.07, 6.45) is 7.47. The molecule has 1 aliphatic rings. The molecule has 3 aromatic rings. The lowest BCUT2D eigenvalue weighted by molar-refractivity contribution is 0.426. The van der Waals surface area contributed by atoms with E-state index in [9.17, 15) is 0 Å². The lowest BCUT2D eigenvalue weighted by Crippen LogP contribution is -2.06. The molecule has 0 radical (unpaired) electrons. The average molecular weight is 324 g/mol. The molecule has 3 heterocycles. The molecule has 1 saturated carbocycles. The number of hydrogen-bond donors (Lipinski definition) is 1. The predicted molar refractivity (Wildman–Crippen MR) is 92.1 cm³/mol. The van der Waals surface area contributed by atoms with Gasteiger partial charge >= 0.3 is 0 Å². The van der Waals surface area contributed by atoms with E-state index in [0.717, 1.165) is 15.8 Å². The summed E-state index contributed by atoms with van der Waals surface area (Å²) in [5.41, 5.74) is 7.13. The molecule has 4 rings (SSSR count). The van der Waals surface area contributed by atoms with Crippen molar-refractivity contribution in [2.75, 3.05) is 12.8 Å². The molecule has 23 heavy (non-hydrogen) atoms. The second-order valence-electron chi connectivity index (χ2n) is 5.66. The van der Waals surface area contributed by atoms with Gasteiger partial charge in [-0.15, -0.1) is 11.3 Å². The van der Waals surface area contributed by atoms with E-state index in [1.807, 2.05) is 12.3 Å². The van der Waals surface area contributed by atoms with Gasteiger partial charge in [-0.2, -0.15) is 10.2 Å². The lowest BCUT2D eigenvalue weighted by Gasteiger charge is -2.23. The molecule has 1 fully saturated rings. The molecular weight excluding hydrogens is 308 g/mol. The molecule has 2 N–H and O–H groups in total. The zero-order valence-corrected chi connectivity index (χ0v) is 13.5. The topological polar surface area (TPSA) is 89.4 Å². The molecule has 3 aromatic heterocycles. The van der Waals surface area contributed by atoms with Crippen LogP contribution in [0.5, 0.6) is 0 Å². The summed E-state index contributed by atoms with van der Waals surface area (Å²) in [7, 11) is 1.60. The van der Waals surface area contributed by atoms with Crippen LogP contribution in [0.3, 0.4) is 0 Å². The second-order valence-corrected chi connectivity index (χ2v) is 6.72. The van der Waals surface area contributed by atoms with Gasteiger partial charge in [0, 0.05) is 35.3 Å². The van der Waals surface area contributed by atoms with Crippen molar-refractivity contribution < 1.29 is 0 Å². The maximum Gasteiger partial charge on any atom is 0.162 e. The summed E-state index contributed by atoms with van der Waals surface area (Å²) in [5, 5.41) is 8.85. The second kappa shape index (κ2) is 5.66. The number of nitrogens with zero attached hydrogens (tertiary/aromatic N) is 5. The summed E-state index contributed by atoms with van der Waals surface area (Å²) in [6.45, 7) is 0. The molecule has 7 heteroatoms. The van der Waals surface area contributed by atoms with E-state index in [1.54, 1.807) is 24.6 Å². The highest BCUT2D eigenvalue weighted by Crippen LogP contribution is 2.41. The molecule has 6 nitrogen and oxygen atoms in total. The van der Waals surface area contributed by atoms with Crippen LogP contribution in [0.2, 0.25) is 0 Å². The number of azo groups is 1. The lowest BCUT2D eigenvalue weighted by atomic mass is 9.84. The number of aromatic nitrogens is 3. The Morgan fingerprint density at radius 2 is 2.09 bits per heavy atom. The van der Waals surface area contributed by atoms with E-state index < -0.39 is 0 Å². The predicted octanol–water partition coefficient (Wildman–Crippen LogP) is 4.32. The zero-order valence-electron chi connectivity index (χ0n) is 12.7. The molecule has 0 aliphatic heterocycles. The number of hydrogen-bond acceptors (Lipinski definition) is 7. The summed E-state index contributed by atoms with van der Waals surface area (Å²) in [4.78, 5) is 15.8. The van der Waals surface area contributed by atoms with Gasteiger partial charge in [-0.25, -0.2) is 15.0 Å². The SMILES string of the molecule is CN=Nc1cc(-c2ncc3cc(C4CCC4)sc3n2)cnc1N. The van der Waals surface area contributed by atoms with Crippen LogP contribution in [0.4, 0.5) is 11.5 Å². The van der Waals surface area contributed by atoms with Crippen molar-refractivity contribution in [1.82, 2.24) is 15.0 Å². The molecule has 0 unspecified atom stereocenters. The Morgan fingerprint density at radius 3 is 2.83 bits per heavy atom. The van der Waals surface area contributed by atoms with Gasteiger partial charge in [0.2, 0.25) is 0 Å². The van der Waals surface area contributed by atoms with Crippen molar-refractivity contribution in [3.05, 3.63) is 29.4 Å². The van der Waals surface area contributed by atoms with E-state index >= 15 is 0 Å². The standard InChI is InChI=1S/C16H16N6S/c1-18-22-12-5-10(7-19-14(12)17)15-20-8-11-6-13(9-3-2-4-9)23-16(11)21-15/h5-9H,2-4H2,1H3,(H2,17,19). The Bertz CT molecular complexity index is 897. The Kier molecular flexibility index (Phi) is 3.49. The highest BCUT2D eigenvalue weighted by Gasteiger charge is 2.22. The van der Waals surface area contributed by atoms with Crippen molar-refractivity contribution in [2.24, 2.45) is 10.2 Å². The van der Waals surface area contributed by atoms with Crippen LogP contribution in [0.25, 0.3) is 21.6 Å². The molecule has 0 bridgehead atoms. The summed E-state index contributed by atoms with van der Waals surface area (Å²) in [5.74, 6) is 1.70. The van der Waals surface area contributed by atoms with Gasteiger partial charge in [0.15, 0.2) is 11.6 Å². The molecule has 0 atom stereocenters. The Balaban J connectivity index is 1.75. The first kappa shape index (κ1) is 14.2. The van der Waals surface area contributed by atoms with Gasteiger partial charge in [0.05, 0.1) is 0 Å². The maximum absolute atomic E-state index is 5.80. The monoisotopic (exact) mass is 324 g/mol. The zero-order chi connectivity index (χ0) is 15.8. The quantitative estimate of drug-likeness (QED) is 0.727. The third-order valence-corrected chi connectivity index (χ3v) is 5.37. The summed E-state index contributed by atoms with van der Waals surface area (Å²) in [6, 6.07) is 4.04. The Morgan fingerprint density at radius 1 is 1.22 bits per heavy atom. The molecule has 0 amide bonds. The number of pyridine rings is 1. The van der Waals surface area contributed by atoms with Crippen LogP contribution in [0, 0.1) is 0 Å². The fraction of sp³-hybridized carbons (Fsp3) is 0.312. The van der Waals surface area contributed by atoms with Crippen molar-refractivity contribution in [2.45, 2.75) is 25.2 Å². The van der Waals surface area contributed by atoms with Crippen molar-refractivity contribution in [1.29, 1.82) is 0 Å². The highest BCUT2D eigenvalue weighted by molar-refractivity contribution is 7.18. The molecule has 0 saturated heterocycles. The van der Waals surface area contributed by atoms with Gasteiger partial charge in [0.25, 0.3) is 0 Å². The first-order chi connectivity index (χ1) is 11.2. The number of rotatable bonds is 3. The van der Waals surface area contributed by atoms with Gasteiger partial charge in [-0.05, 0) is 30.9 Å². The number of thiophene rings is 1. The molecular formula is C16H16N6S. The van der Waals surface area contributed by atoms with E-state index in [1.165, 1.54) is 24.1 Å². The van der Waals surface area contributed by atoms with Crippen LogP contribution in [-0.2, 0) is 0 Å². The third-order valence-electron chi connectivity index (χ3n) is 4.16. The van der Waals surface area contributed by atoms with Crippen LogP contribution >= 0.6 is 11.3 Å². The van der Waals surface area contributed by atoms with Crippen LogP contribution < -0.4 is 5.73 Å². The van der Waals surface area contributed by atoms with Gasteiger partial charge in [-0.3, -0.25) is 0 Å². The minimum atomic E-state index is 0.351. The first-order valence-corrected chi connectivity index (χ1v) is 8.38. The number of nitrogen functional groups attached to an aromatic ring is 1. The van der Waals surface area contributed by atoms with Crippen LogP contribution in [-0.4, -0.2) is 22.0 Å². The van der Waals surface area contributed by atoms with Crippen molar-refractivity contribution >= 4 is 33.1 Å². The van der Waals surface area contributed by atoms with Crippen molar-refractivity contribution in [3.8, 4) is 11.4 Å². The number of anilines is 1. The van der Waals surface area contributed by atoms with E-state index in [4.69, 9.17) is 10.7 Å². The van der Waals surface area contributed by atoms with Crippen LogP contribution in [0.1, 0.15) is 30.1 Å². The number of fused-ring (bicyclic) bond motifs is 1. The van der Waals surface area contributed by atoms with Crippen LogP contribution in [0.15, 0.2) is 34.8 Å². The maximum atomic E-state index is 5.80. The molecule has 116 valence electrons.